The Bertz CT molecular complexity index is 1840. The number of rotatable bonds is 4. The first-order chi connectivity index (χ1) is 20.8. The lowest BCUT2D eigenvalue weighted by molar-refractivity contribution is -0.160. The third kappa shape index (κ3) is 5.85. The van der Waals surface area contributed by atoms with Crippen molar-refractivity contribution in [2.45, 2.75) is 63.3 Å². The zero-order valence-corrected chi connectivity index (χ0v) is 24.2. The van der Waals surface area contributed by atoms with Crippen molar-refractivity contribution >= 4 is 11.8 Å². The van der Waals surface area contributed by atoms with Gasteiger partial charge in [-0.2, -0.15) is 10.5 Å². The molecule has 0 saturated heterocycles. The van der Waals surface area contributed by atoms with Gasteiger partial charge in [-0.1, -0.05) is 12.1 Å². The Hall–Kier alpha value is -5.20. The number of esters is 1. The van der Waals surface area contributed by atoms with E-state index in [1.807, 2.05) is 12.1 Å². The molecule has 224 valence electrons. The second kappa shape index (κ2) is 11.5. The summed E-state index contributed by atoms with van der Waals surface area (Å²) >= 11 is 0. The second-order valence-electron chi connectivity index (χ2n) is 11.7. The maximum Gasteiger partial charge on any atom is 0.309 e. The topological polar surface area (TPSA) is 147 Å². The minimum Gasteiger partial charge on any atom is -0.460 e. The molecule has 2 aromatic carbocycles. The Balaban J connectivity index is 0.000000186. The van der Waals surface area contributed by atoms with Crippen molar-refractivity contribution in [1.29, 1.82) is 10.5 Å². The summed E-state index contributed by atoms with van der Waals surface area (Å²) in [7, 11) is 0. The zero-order chi connectivity index (χ0) is 31.8. The van der Waals surface area contributed by atoms with E-state index in [0.717, 1.165) is 6.07 Å². The van der Waals surface area contributed by atoms with Gasteiger partial charge in [0.05, 0.1) is 72.5 Å². The van der Waals surface area contributed by atoms with E-state index < -0.39 is 34.8 Å². The average Bonchev–Trinajstić information content (AvgIpc) is 3.73. The Morgan fingerprint density at radius 2 is 1.57 bits per heavy atom. The molecule has 12 heteroatoms. The molecule has 2 aliphatic rings. The van der Waals surface area contributed by atoms with Crippen molar-refractivity contribution in [2.75, 3.05) is 0 Å². The third-order valence-corrected chi connectivity index (χ3v) is 7.51. The number of aliphatic hydroxyl groups is 1. The molecule has 0 unspecified atom stereocenters. The molecule has 0 spiro atoms. The predicted octanol–water partition coefficient (Wildman–Crippen LogP) is 4.88. The van der Waals surface area contributed by atoms with Gasteiger partial charge in [-0.25, -0.2) is 18.7 Å². The number of fused-ring (bicyclic) bond motifs is 2. The molecule has 0 bridgehead atoms. The van der Waals surface area contributed by atoms with Crippen LogP contribution < -0.4 is 0 Å². The number of Topliss-reactive ketones (excluding diaryl/α,β-unsaturated/α-hetero) is 1. The van der Waals surface area contributed by atoms with Crippen molar-refractivity contribution in [1.82, 2.24) is 19.1 Å². The molecule has 4 heterocycles. The molecule has 6 rings (SSSR count). The number of halogens is 2. The molecule has 0 aliphatic carbocycles. The highest BCUT2D eigenvalue weighted by molar-refractivity contribution is 5.97. The van der Waals surface area contributed by atoms with Gasteiger partial charge in [0.2, 0.25) is 0 Å². The molecule has 44 heavy (non-hydrogen) atoms. The number of ether oxygens (including phenoxy) is 1. The fraction of sp³-hybridized carbons (Fsp3) is 0.312. The van der Waals surface area contributed by atoms with Gasteiger partial charge in [0, 0.05) is 24.0 Å². The lowest BCUT2D eigenvalue weighted by Crippen LogP contribution is -2.31. The van der Waals surface area contributed by atoms with Crippen molar-refractivity contribution in [2.24, 2.45) is 0 Å². The first kappa shape index (κ1) is 30.3. The predicted molar refractivity (Wildman–Crippen MR) is 151 cm³/mol. The molecular weight excluding hydrogens is 570 g/mol. The van der Waals surface area contributed by atoms with Gasteiger partial charge in [-0.15, -0.1) is 0 Å². The number of imidazole rings is 2. The number of aromatic nitrogens is 4. The van der Waals surface area contributed by atoms with E-state index in [0.29, 0.717) is 22.5 Å². The van der Waals surface area contributed by atoms with E-state index in [4.69, 9.17) is 15.3 Å². The van der Waals surface area contributed by atoms with Crippen molar-refractivity contribution < 1.29 is 28.2 Å². The van der Waals surface area contributed by atoms with Crippen molar-refractivity contribution in [3.63, 3.8) is 0 Å². The van der Waals surface area contributed by atoms with E-state index >= 15 is 0 Å². The number of hydrogen-bond acceptors (Lipinski definition) is 8. The summed E-state index contributed by atoms with van der Waals surface area (Å²) in [5.41, 5.74) is 0.0308. The third-order valence-electron chi connectivity index (χ3n) is 7.51. The van der Waals surface area contributed by atoms with Crippen LogP contribution in [0.4, 0.5) is 8.78 Å². The number of benzene rings is 2. The van der Waals surface area contributed by atoms with E-state index in [2.05, 4.69) is 9.97 Å². The number of ketones is 1. The highest BCUT2D eigenvalue weighted by Crippen LogP contribution is 2.45. The quantitative estimate of drug-likeness (QED) is 0.327. The van der Waals surface area contributed by atoms with Gasteiger partial charge < -0.3 is 19.0 Å². The Kier molecular flexibility index (Phi) is 7.89. The lowest BCUT2D eigenvalue weighted by atomic mass is 9.90. The van der Waals surface area contributed by atoms with Gasteiger partial charge in [0.1, 0.15) is 28.5 Å². The highest BCUT2D eigenvalue weighted by Gasteiger charge is 2.46. The van der Waals surface area contributed by atoms with Crippen molar-refractivity contribution in [3.8, 4) is 12.1 Å². The Labute approximate surface area is 251 Å². The number of nitrogens with zero attached hydrogens (tertiary/aromatic N) is 6. The number of nitriles is 2. The largest absolute Gasteiger partial charge is 0.460 e. The molecule has 0 saturated carbocycles. The van der Waals surface area contributed by atoms with Crippen LogP contribution in [0.25, 0.3) is 0 Å². The SMILES string of the molecule is CC(C)(C)OC(=O)C[C@@]1(O)C[C@H](c2ccc(C#N)cc2F)n2cncc21.N#Cc1ccc([C@H]2CC(=O)c3cncn32)c(F)c1. The van der Waals surface area contributed by atoms with E-state index in [1.165, 1.54) is 43.2 Å². The monoisotopic (exact) mass is 598 g/mol. The molecule has 1 N–H and O–H groups in total. The lowest BCUT2D eigenvalue weighted by Gasteiger charge is -2.25. The minimum atomic E-state index is -1.50. The molecule has 4 aromatic rings. The van der Waals surface area contributed by atoms with Crippen LogP contribution in [0, 0.1) is 34.3 Å². The molecule has 10 nitrogen and oxygen atoms in total. The summed E-state index contributed by atoms with van der Waals surface area (Å²) in [5, 5.41) is 28.7. The number of carbonyl (C=O) groups excluding carboxylic acids is 2. The minimum absolute atomic E-state index is 0.0405. The number of carbonyl (C=O) groups is 2. The van der Waals surface area contributed by atoms with Crippen LogP contribution in [0.1, 0.15) is 90.6 Å². The molecule has 0 radical (unpaired) electrons. The zero-order valence-electron chi connectivity index (χ0n) is 24.2. The first-order valence-electron chi connectivity index (χ1n) is 13.7. The second-order valence-corrected chi connectivity index (χ2v) is 11.7. The normalized spacial score (nSPS) is 20.1. The molecule has 0 amide bonds. The van der Waals surface area contributed by atoms with Crippen molar-refractivity contribution in [3.05, 3.63) is 107 Å². The van der Waals surface area contributed by atoms with Gasteiger partial charge in [0.25, 0.3) is 0 Å². The molecule has 3 atom stereocenters. The molecular formula is C32H28F2N6O4. The first-order valence-corrected chi connectivity index (χ1v) is 13.7. The van der Waals surface area contributed by atoms with E-state index in [1.54, 1.807) is 42.0 Å². The summed E-state index contributed by atoms with van der Waals surface area (Å²) in [4.78, 5) is 31.9. The Morgan fingerprint density at radius 1 is 1.00 bits per heavy atom. The van der Waals surface area contributed by atoms with Gasteiger partial charge in [-0.3, -0.25) is 9.59 Å². The van der Waals surface area contributed by atoms with Gasteiger partial charge >= 0.3 is 5.97 Å². The smallest absolute Gasteiger partial charge is 0.309 e. The number of hydrogen-bond donors (Lipinski definition) is 1. The highest BCUT2D eigenvalue weighted by atomic mass is 19.1. The van der Waals surface area contributed by atoms with Crippen LogP contribution in [0.2, 0.25) is 0 Å². The van der Waals surface area contributed by atoms with Crippen LogP contribution in [-0.2, 0) is 15.1 Å². The maximum absolute atomic E-state index is 14.5. The van der Waals surface area contributed by atoms with Crippen LogP contribution in [0.3, 0.4) is 0 Å². The van der Waals surface area contributed by atoms with E-state index in [-0.39, 0.29) is 42.2 Å². The van der Waals surface area contributed by atoms with Crippen LogP contribution in [-0.4, -0.2) is 41.6 Å². The fourth-order valence-corrected chi connectivity index (χ4v) is 5.62. The van der Waals surface area contributed by atoms with Crippen LogP contribution in [0.15, 0.2) is 61.4 Å². The molecule has 2 aromatic heterocycles. The molecule has 0 fully saturated rings. The Morgan fingerprint density at radius 3 is 2.14 bits per heavy atom. The fourth-order valence-electron chi connectivity index (χ4n) is 5.62. The van der Waals surface area contributed by atoms with Gasteiger partial charge in [0.15, 0.2) is 5.78 Å². The van der Waals surface area contributed by atoms with Crippen LogP contribution in [0.5, 0.6) is 0 Å². The van der Waals surface area contributed by atoms with Gasteiger partial charge in [-0.05, 0) is 45.0 Å². The standard InChI is InChI=1S/C19H20FN3O3.C13H8FN3O/c1-18(2,3)26-17(24)8-19(25)7-15(23-11-22-10-16(19)23)13-5-4-12(9-21)6-14(13)20;14-10-3-8(5-15)1-2-9(10)11-4-13(18)12-6-16-7-17(11)12/h4-6,10-11,15,25H,7-8H2,1-3H3;1-3,6-7,11H,4H2/t15-,19+;11-/m11/s1. The summed E-state index contributed by atoms with van der Waals surface area (Å²) in [6.45, 7) is 5.26. The average molecular weight is 599 g/mol. The summed E-state index contributed by atoms with van der Waals surface area (Å²) in [6, 6.07) is 11.4. The van der Waals surface area contributed by atoms with E-state index in [9.17, 15) is 23.5 Å². The van der Waals surface area contributed by atoms with Crippen LogP contribution >= 0.6 is 0 Å². The summed E-state index contributed by atoms with van der Waals surface area (Å²) < 4.78 is 37.0. The summed E-state index contributed by atoms with van der Waals surface area (Å²) in [5.74, 6) is -1.57. The summed E-state index contributed by atoms with van der Waals surface area (Å²) in [6.07, 6.45) is 6.11. The molecule has 2 aliphatic heterocycles. The maximum atomic E-state index is 14.5.